The van der Waals surface area contributed by atoms with Gasteiger partial charge in [0.05, 0.1) is 11.8 Å². The molecule has 0 radical (unpaired) electrons. The van der Waals surface area contributed by atoms with Crippen molar-refractivity contribution in [2.75, 3.05) is 31.5 Å². The second-order valence-electron chi connectivity index (χ2n) is 9.91. The number of likely N-dealkylation sites (tertiary alicyclic amines) is 1. The van der Waals surface area contributed by atoms with E-state index in [0.717, 1.165) is 48.9 Å². The summed E-state index contributed by atoms with van der Waals surface area (Å²) in [7, 11) is 0. The summed E-state index contributed by atoms with van der Waals surface area (Å²) < 4.78 is 14.2. The van der Waals surface area contributed by atoms with E-state index in [2.05, 4.69) is 43.6 Å². The number of hydrogen-bond acceptors (Lipinski definition) is 3. The number of carbonyl (C=O) groups excluding carboxylic acids is 2. The summed E-state index contributed by atoms with van der Waals surface area (Å²) in [5.41, 5.74) is 0.873. The molecule has 3 fully saturated rings. The number of halogens is 2. The predicted molar refractivity (Wildman–Crippen MR) is 126 cm³/mol. The molecular weight excluding hydrogens is 473 g/mol. The van der Waals surface area contributed by atoms with Crippen LogP contribution in [0.2, 0.25) is 0 Å². The van der Waals surface area contributed by atoms with Gasteiger partial charge in [0.25, 0.3) is 0 Å². The zero-order valence-corrected chi connectivity index (χ0v) is 19.8. The molecule has 5 atom stereocenters. The van der Waals surface area contributed by atoms with Gasteiger partial charge in [-0.15, -0.1) is 0 Å². The molecule has 1 heterocycles. The Morgan fingerprint density at radius 3 is 2.53 bits per heavy atom. The molecule has 2 N–H and O–H groups in total. The fourth-order valence-electron chi connectivity index (χ4n) is 6.28. The summed E-state index contributed by atoms with van der Waals surface area (Å²) in [6.07, 6.45) is 8.34. The monoisotopic (exact) mass is 503 g/mol. The zero-order chi connectivity index (χ0) is 22.3. The molecule has 3 aliphatic carbocycles. The first kappa shape index (κ1) is 22.1. The van der Waals surface area contributed by atoms with Crippen molar-refractivity contribution in [1.29, 1.82) is 0 Å². The molecule has 7 heteroatoms. The number of anilines is 1. The average molecular weight is 504 g/mol. The minimum atomic E-state index is -0.685. The lowest BCUT2D eigenvalue weighted by Crippen LogP contribution is -2.42. The van der Waals surface area contributed by atoms with Gasteiger partial charge in [-0.1, -0.05) is 34.1 Å². The molecule has 32 heavy (non-hydrogen) atoms. The van der Waals surface area contributed by atoms with Crippen LogP contribution in [-0.4, -0.2) is 49.1 Å². The molecule has 1 aromatic rings. The van der Waals surface area contributed by atoms with Crippen molar-refractivity contribution in [3.05, 3.63) is 40.9 Å². The smallest absolute Gasteiger partial charge is 0.228 e. The largest absolute Gasteiger partial charge is 0.356 e. The molecule has 1 aliphatic heterocycles. The van der Waals surface area contributed by atoms with Crippen LogP contribution in [0.1, 0.15) is 32.1 Å². The molecule has 5 rings (SSSR count). The molecule has 2 saturated carbocycles. The van der Waals surface area contributed by atoms with E-state index in [1.54, 1.807) is 0 Å². The first-order valence-electron chi connectivity index (χ1n) is 11.9. The highest BCUT2D eigenvalue weighted by Gasteiger charge is 2.69. The molecule has 1 saturated heterocycles. The van der Waals surface area contributed by atoms with E-state index in [4.69, 9.17) is 0 Å². The standard InChI is InChI=1S/C25H31BrFN3O2/c26-16-4-3-5-18(14-16)29-24(32)22-20-7-6-19(25(20)9-10-25)21(22)23(31)28-11-1-2-12-30-13-8-17(27)15-30/h3-7,14,17,19-22H,1-2,8-13,15H2,(H,28,31)(H,29,32)/t17-,19-,20+,21-,22-/m1/s1. The number of nitrogens with one attached hydrogen (secondary N) is 2. The molecule has 2 amide bonds. The number of nitrogens with zero attached hydrogens (tertiary/aromatic N) is 1. The van der Waals surface area contributed by atoms with Crippen LogP contribution in [0, 0.1) is 29.1 Å². The maximum Gasteiger partial charge on any atom is 0.228 e. The van der Waals surface area contributed by atoms with Gasteiger partial charge in [-0.3, -0.25) is 9.59 Å². The molecular formula is C25H31BrFN3O2. The van der Waals surface area contributed by atoms with E-state index in [-0.39, 0.29) is 40.9 Å². The second-order valence-corrected chi connectivity index (χ2v) is 10.8. The van der Waals surface area contributed by atoms with Gasteiger partial charge in [-0.2, -0.15) is 0 Å². The summed E-state index contributed by atoms with van der Waals surface area (Å²) in [5, 5.41) is 6.17. The van der Waals surface area contributed by atoms with Gasteiger partial charge in [0, 0.05) is 29.8 Å². The molecule has 172 valence electrons. The topological polar surface area (TPSA) is 61.4 Å². The third-order valence-corrected chi connectivity index (χ3v) is 8.45. The highest BCUT2D eigenvalue weighted by Crippen LogP contribution is 2.72. The van der Waals surface area contributed by atoms with Crippen LogP contribution in [0.4, 0.5) is 10.1 Å². The van der Waals surface area contributed by atoms with Gasteiger partial charge in [0.1, 0.15) is 6.17 Å². The Balaban J connectivity index is 1.19. The van der Waals surface area contributed by atoms with E-state index < -0.39 is 6.17 Å². The molecule has 1 spiro atoms. The summed E-state index contributed by atoms with van der Waals surface area (Å²) in [5.74, 6) is -0.354. The summed E-state index contributed by atoms with van der Waals surface area (Å²) in [6.45, 7) is 2.87. The van der Waals surface area contributed by atoms with E-state index in [0.29, 0.717) is 19.5 Å². The van der Waals surface area contributed by atoms with Crippen LogP contribution < -0.4 is 10.6 Å². The number of hydrogen-bond donors (Lipinski definition) is 2. The van der Waals surface area contributed by atoms with Crippen molar-refractivity contribution in [2.24, 2.45) is 29.1 Å². The van der Waals surface area contributed by atoms with Gasteiger partial charge in [-0.05, 0) is 74.1 Å². The van der Waals surface area contributed by atoms with Crippen molar-refractivity contribution in [2.45, 2.75) is 38.3 Å². The first-order chi connectivity index (χ1) is 15.5. The van der Waals surface area contributed by atoms with Gasteiger partial charge < -0.3 is 15.5 Å². The van der Waals surface area contributed by atoms with Gasteiger partial charge in [-0.25, -0.2) is 4.39 Å². The van der Waals surface area contributed by atoms with Crippen LogP contribution >= 0.6 is 15.9 Å². The number of rotatable bonds is 8. The minimum absolute atomic E-state index is 0.00696. The lowest BCUT2D eigenvalue weighted by molar-refractivity contribution is -0.132. The molecule has 5 nitrogen and oxygen atoms in total. The quantitative estimate of drug-likeness (QED) is 0.413. The summed E-state index contributed by atoms with van der Waals surface area (Å²) in [4.78, 5) is 28.7. The first-order valence-corrected chi connectivity index (χ1v) is 12.7. The van der Waals surface area contributed by atoms with E-state index >= 15 is 0 Å². The Bertz CT molecular complexity index is 918. The SMILES string of the molecule is O=C(NCCCCN1CC[C@@H](F)C1)[C@H]1[C@H](C(=O)Nc2cccc(Br)c2)[C@@H]2C=C[C@H]1C21CC1. The molecule has 0 unspecified atom stereocenters. The van der Waals surface area contributed by atoms with Crippen molar-refractivity contribution in [3.63, 3.8) is 0 Å². The van der Waals surface area contributed by atoms with E-state index in [1.165, 1.54) is 0 Å². The minimum Gasteiger partial charge on any atom is -0.356 e. The average Bonchev–Trinajstić information content (AvgIpc) is 3.25. The Morgan fingerprint density at radius 1 is 1.12 bits per heavy atom. The van der Waals surface area contributed by atoms with Crippen molar-refractivity contribution in [1.82, 2.24) is 10.2 Å². The van der Waals surface area contributed by atoms with E-state index in [9.17, 15) is 14.0 Å². The number of amides is 2. The lowest BCUT2D eigenvalue weighted by atomic mass is 9.81. The maximum absolute atomic E-state index is 13.3. The van der Waals surface area contributed by atoms with Crippen LogP contribution in [0.15, 0.2) is 40.9 Å². The Hall–Kier alpha value is -1.73. The number of unbranched alkanes of at least 4 members (excludes halogenated alkanes) is 1. The van der Waals surface area contributed by atoms with Crippen molar-refractivity contribution >= 4 is 33.4 Å². The van der Waals surface area contributed by atoms with Crippen LogP contribution in [0.3, 0.4) is 0 Å². The fraction of sp³-hybridized carbons (Fsp3) is 0.600. The molecule has 0 aromatic heterocycles. The van der Waals surface area contributed by atoms with Gasteiger partial charge in [0.15, 0.2) is 0 Å². The summed E-state index contributed by atoms with van der Waals surface area (Å²) in [6, 6.07) is 7.57. The van der Waals surface area contributed by atoms with Gasteiger partial charge >= 0.3 is 0 Å². The second kappa shape index (κ2) is 8.90. The van der Waals surface area contributed by atoms with Gasteiger partial charge in [0.2, 0.25) is 11.8 Å². The number of benzene rings is 1. The Kier molecular flexibility index (Phi) is 6.14. The predicted octanol–water partition coefficient (Wildman–Crippen LogP) is 4.16. The Morgan fingerprint density at radius 2 is 1.88 bits per heavy atom. The zero-order valence-electron chi connectivity index (χ0n) is 18.2. The fourth-order valence-corrected chi connectivity index (χ4v) is 6.68. The molecule has 1 aromatic carbocycles. The Labute approximate surface area is 197 Å². The van der Waals surface area contributed by atoms with Crippen LogP contribution in [0.5, 0.6) is 0 Å². The third-order valence-electron chi connectivity index (χ3n) is 7.95. The normalized spacial score (nSPS) is 31.9. The molecule has 2 bridgehead atoms. The lowest BCUT2D eigenvalue weighted by Gasteiger charge is -2.26. The van der Waals surface area contributed by atoms with Crippen molar-refractivity contribution < 1.29 is 14.0 Å². The number of carbonyl (C=O) groups is 2. The highest BCUT2D eigenvalue weighted by molar-refractivity contribution is 9.10. The third kappa shape index (κ3) is 4.14. The molecule has 4 aliphatic rings. The van der Waals surface area contributed by atoms with Crippen LogP contribution in [0.25, 0.3) is 0 Å². The van der Waals surface area contributed by atoms with E-state index in [1.807, 2.05) is 24.3 Å². The highest BCUT2D eigenvalue weighted by atomic mass is 79.9. The maximum atomic E-state index is 13.3. The van der Waals surface area contributed by atoms with Crippen molar-refractivity contribution in [3.8, 4) is 0 Å². The van der Waals surface area contributed by atoms with Crippen LogP contribution in [-0.2, 0) is 9.59 Å². The number of allylic oxidation sites excluding steroid dienone is 2. The summed E-state index contributed by atoms with van der Waals surface area (Å²) >= 11 is 3.45. The number of alkyl halides is 1.